The van der Waals surface area contributed by atoms with Gasteiger partial charge in [-0.05, 0) is 6.92 Å². The van der Waals surface area contributed by atoms with E-state index in [0.29, 0.717) is 0 Å². The van der Waals surface area contributed by atoms with Crippen molar-refractivity contribution in [3.05, 3.63) is 0 Å². The third kappa shape index (κ3) is 12.6. The Morgan fingerprint density at radius 1 is 0.614 bits per heavy atom. The van der Waals surface area contributed by atoms with Crippen LogP contribution >= 0.6 is 0 Å². The zero-order valence-corrected chi connectivity index (χ0v) is 38.0. The predicted molar refractivity (Wildman–Crippen MR) is 217 cm³/mol. The van der Waals surface area contributed by atoms with Gasteiger partial charge in [0, 0.05) is 27.2 Å². The maximum Gasteiger partial charge on any atom is 0.364 e. The fourth-order valence-corrected chi connectivity index (χ4v) is 8.78. The standard InChI is InChI=1S/C39H65N3O28/c1-10-22(51)27(56)28(57)36(63-10)68-32-21(42-13(4)48)35(62-9-18-24(53)26(55)20(34(59)64-18)41-12(3)47)66-17(8-45)30(32)67-37-29(58)33(25(54)16(7-44)65-37)70-39(38(60)61)5-14(49)19(40-11(2)46)31(69-39)23(52)15(50)6-43/h10,14-37,43-45,49-59H,5-9H2,1-4H3,(H,40,46)(H,41,47)(H,42,48)(H,60,61)/t10-,14-,15+,16+,17+,18+,19+,20+,21+,22+,23+,24-,25-,26+,27+,28-,29+,30+,31+,32+,33-,34-,35+,36-,37-,39-/m0/s1. The monoisotopic (exact) mass is 1020 g/mol. The van der Waals surface area contributed by atoms with Gasteiger partial charge >= 0.3 is 5.97 Å². The van der Waals surface area contributed by atoms with Gasteiger partial charge in [0.2, 0.25) is 17.7 Å². The normalized spacial score (nSPS) is 45.5. The molecule has 5 aliphatic rings. The number of hydrogen-bond donors (Lipinski definition) is 18. The number of amides is 3. The van der Waals surface area contributed by atoms with E-state index in [9.17, 15) is 95.8 Å². The molecular weight excluding hydrogens is 958 g/mol. The molecule has 0 aliphatic carbocycles. The molecular formula is C39H65N3O28. The second kappa shape index (κ2) is 24.3. The molecule has 0 unspecified atom stereocenters. The van der Waals surface area contributed by atoms with Gasteiger partial charge in [0.05, 0.1) is 44.7 Å². The Morgan fingerprint density at radius 2 is 1.17 bits per heavy atom. The van der Waals surface area contributed by atoms with Crippen LogP contribution in [0.15, 0.2) is 0 Å². The summed E-state index contributed by atoms with van der Waals surface area (Å²) in [4.78, 5) is 49.6. The summed E-state index contributed by atoms with van der Waals surface area (Å²) in [5.74, 6) is -7.61. The van der Waals surface area contributed by atoms with Crippen LogP contribution in [0.3, 0.4) is 0 Å². The van der Waals surface area contributed by atoms with Gasteiger partial charge in [0.1, 0.15) is 110 Å². The number of rotatable bonds is 18. The predicted octanol–water partition coefficient (Wildman–Crippen LogP) is -11.3. The van der Waals surface area contributed by atoms with Crippen molar-refractivity contribution < 1.29 is 138 Å². The number of ether oxygens (including phenoxy) is 9. The number of carbonyl (C=O) groups is 4. The van der Waals surface area contributed by atoms with E-state index in [2.05, 4.69) is 16.0 Å². The summed E-state index contributed by atoms with van der Waals surface area (Å²) < 4.78 is 52.3. The number of carboxylic acids is 1. The highest BCUT2D eigenvalue weighted by molar-refractivity contribution is 5.77. The second-order valence-electron chi connectivity index (χ2n) is 17.6. The molecule has 5 rings (SSSR count). The number of carboxylic acid groups (broad SMARTS) is 1. The lowest BCUT2D eigenvalue weighted by Crippen LogP contribution is -2.71. The molecule has 31 heteroatoms. The Hall–Kier alpha value is -3.04. The molecule has 5 fully saturated rings. The van der Waals surface area contributed by atoms with Crippen molar-refractivity contribution in [2.24, 2.45) is 0 Å². The molecule has 18 N–H and O–H groups in total. The van der Waals surface area contributed by atoms with E-state index >= 15 is 0 Å². The second-order valence-corrected chi connectivity index (χ2v) is 17.6. The molecule has 5 saturated heterocycles. The average Bonchev–Trinajstić information content (AvgIpc) is 3.30. The van der Waals surface area contributed by atoms with Crippen molar-refractivity contribution in [2.45, 2.75) is 193 Å². The van der Waals surface area contributed by atoms with Gasteiger partial charge in [-0.1, -0.05) is 0 Å². The van der Waals surface area contributed by atoms with E-state index in [1.54, 1.807) is 0 Å². The van der Waals surface area contributed by atoms with Gasteiger partial charge in [0.15, 0.2) is 25.2 Å². The van der Waals surface area contributed by atoms with E-state index < -0.39 is 215 Å². The average molecular weight is 1020 g/mol. The molecule has 70 heavy (non-hydrogen) atoms. The molecule has 0 aromatic heterocycles. The van der Waals surface area contributed by atoms with Crippen LogP contribution in [-0.4, -0.2) is 286 Å². The van der Waals surface area contributed by atoms with Crippen LogP contribution in [0.5, 0.6) is 0 Å². The number of nitrogens with one attached hydrogen (secondary N) is 3. The van der Waals surface area contributed by atoms with Crippen LogP contribution in [0.1, 0.15) is 34.1 Å². The number of aliphatic hydroxyl groups is 14. The molecule has 0 aromatic carbocycles. The summed E-state index contributed by atoms with van der Waals surface area (Å²) in [5.41, 5.74) is 0. The maximum absolute atomic E-state index is 13.1. The summed E-state index contributed by atoms with van der Waals surface area (Å²) in [6, 6.07) is -4.87. The van der Waals surface area contributed by atoms with Crippen LogP contribution in [-0.2, 0) is 61.8 Å². The third-order valence-corrected chi connectivity index (χ3v) is 12.4. The van der Waals surface area contributed by atoms with Gasteiger partial charge in [-0.25, -0.2) is 4.79 Å². The van der Waals surface area contributed by atoms with Crippen molar-refractivity contribution in [1.82, 2.24) is 16.0 Å². The topological polar surface area (TPSA) is 491 Å². The molecule has 0 saturated carbocycles. The highest BCUT2D eigenvalue weighted by atomic mass is 16.8. The molecule has 5 aliphatic heterocycles. The lowest BCUT2D eigenvalue weighted by atomic mass is 9.88. The van der Waals surface area contributed by atoms with Crippen LogP contribution in [0.25, 0.3) is 0 Å². The minimum atomic E-state index is -3.19. The van der Waals surface area contributed by atoms with Crippen LogP contribution < -0.4 is 16.0 Å². The first kappa shape index (κ1) is 57.9. The lowest BCUT2D eigenvalue weighted by molar-refractivity contribution is -0.392. The summed E-state index contributed by atoms with van der Waals surface area (Å²) >= 11 is 0. The van der Waals surface area contributed by atoms with Crippen molar-refractivity contribution in [3.8, 4) is 0 Å². The Morgan fingerprint density at radius 3 is 1.74 bits per heavy atom. The maximum atomic E-state index is 13.1. The summed E-state index contributed by atoms with van der Waals surface area (Å²) in [6.07, 6.45) is -43.9. The Labute approximate surface area is 397 Å². The first-order chi connectivity index (χ1) is 32.8. The number of carbonyl (C=O) groups excluding carboxylic acids is 3. The molecule has 31 nitrogen and oxygen atoms in total. The number of aliphatic hydroxyl groups excluding tert-OH is 14. The summed E-state index contributed by atoms with van der Waals surface area (Å²) in [7, 11) is 0. The van der Waals surface area contributed by atoms with Crippen LogP contribution in [0, 0.1) is 0 Å². The lowest BCUT2D eigenvalue weighted by Gasteiger charge is -2.52. The zero-order valence-electron chi connectivity index (χ0n) is 38.0. The molecule has 0 spiro atoms. The first-order valence-corrected chi connectivity index (χ1v) is 22.1. The smallest absolute Gasteiger partial charge is 0.364 e. The van der Waals surface area contributed by atoms with E-state index in [0.717, 1.165) is 20.8 Å². The van der Waals surface area contributed by atoms with E-state index in [1.165, 1.54) is 6.92 Å². The molecule has 404 valence electrons. The van der Waals surface area contributed by atoms with Gasteiger partial charge in [-0.2, -0.15) is 0 Å². The van der Waals surface area contributed by atoms with Crippen molar-refractivity contribution in [2.75, 3.05) is 26.4 Å². The van der Waals surface area contributed by atoms with E-state index in [4.69, 9.17) is 42.6 Å². The molecule has 5 heterocycles. The Kier molecular flexibility index (Phi) is 20.1. The Balaban J connectivity index is 1.51. The minimum Gasteiger partial charge on any atom is -0.477 e. The zero-order chi connectivity index (χ0) is 52.3. The fourth-order valence-electron chi connectivity index (χ4n) is 8.78. The summed E-state index contributed by atoms with van der Waals surface area (Å²) in [5, 5.41) is 168. The molecule has 0 aromatic rings. The van der Waals surface area contributed by atoms with Gasteiger partial charge in [-0.3, -0.25) is 14.4 Å². The fraction of sp³-hybridized carbons (Fsp3) is 0.897. The van der Waals surface area contributed by atoms with Gasteiger partial charge in [-0.15, -0.1) is 0 Å². The van der Waals surface area contributed by atoms with Crippen molar-refractivity contribution >= 4 is 23.7 Å². The molecule has 0 radical (unpaired) electrons. The van der Waals surface area contributed by atoms with Crippen LogP contribution in [0.2, 0.25) is 0 Å². The molecule has 26 atom stereocenters. The quantitative estimate of drug-likeness (QED) is 0.0606. The van der Waals surface area contributed by atoms with Crippen LogP contribution in [0.4, 0.5) is 0 Å². The SMILES string of the molecule is CC(=O)N[C@@H]1[C@@H](O)[C@@H](O)[C@@H](CO[C@@H]2O[C@H](CO)[C@@H](O[C@@H]3O[C@H](CO)[C@H](O)[C@H](O[C@]4(C(=O)O)C[C@H](O)[C@@H](NC(C)=O)[C@H]([C@H](O)[C@H](O)CO)O4)[C@H]3O)[C@H](O[C@@H]3O[C@@H](C)[C@@H](O)[C@@H](O)[C@@H]3O)[C@H]2NC(C)=O)O[C@@H]1O. The van der Waals surface area contributed by atoms with Crippen molar-refractivity contribution in [1.29, 1.82) is 0 Å². The third-order valence-electron chi connectivity index (χ3n) is 12.4. The van der Waals surface area contributed by atoms with Gasteiger partial charge in [0.25, 0.3) is 5.79 Å². The first-order valence-electron chi connectivity index (χ1n) is 22.1. The number of aliphatic carboxylic acids is 1. The van der Waals surface area contributed by atoms with Crippen molar-refractivity contribution in [3.63, 3.8) is 0 Å². The minimum absolute atomic E-state index is 0.688. The largest absolute Gasteiger partial charge is 0.477 e. The number of hydrogen-bond acceptors (Lipinski definition) is 27. The van der Waals surface area contributed by atoms with Gasteiger partial charge < -0.3 is 135 Å². The molecule has 3 amide bonds. The highest BCUT2D eigenvalue weighted by Crippen LogP contribution is 2.39. The highest BCUT2D eigenvalue weighted by Gasteiger charge is 2.61. The Bertz CT molecular complexity index is 1760. The summed E-state index contributed by atoms with van der Waals surface area (Å²) in [6.45, 7) is 0.271. The van der Waals surface area contributed by atoms with E-state index in [1.807, 2.05) is 0 Å². The van der Waals surface area contributed by atoms with E-state index in [-0.39, 0.29) is 0 Å². The molecule has 0 bridgehead atoms.